The molecule has 0 amide bonds. The minimum Gasteiger partial charge on any atom is -0.462 e. The number of esters is 1. The summed E-state index contributed by atoms with van der Waals surface area (Å²) in [5, 5.41) is 7.22. The zero-order valence-corrected chi connectivity index (χ0v) is 22.5. The average Bonchev–Trinajstić information content (AvgIpc) is 3.07. The number of ether oxygens (including phenoxy) is 1. The van der Waals surface area contributed by atoms with Crippen molar-refractivity contribution in [2.45, 2.75) is 47.1 Å². The van der Waals surface area contributed by atoms with Crippen molar-refractivity contribution in [2.75, 3.05) is 39.0 Å². The van der Waals surface area contributed by atoms with Gasteiger partial charge >= 0.3 is 5.97 Å². The summed E-state index contributed by atoms with van der Waals surface area (Å²) in [6.45, 7) is 11.0. The molecule has 1 aromatic rings. The molecule has 2 N–H and O–H groups in total. The quantitative estimate of drug-likeness (QED) is 0.137. The van der Waals surface area contributed by atoms with Gasteiger partial charge in [0.1, 0.15) is 9.88 Å². The summed E-state index contributed by atoms with van der Waals surface area (Å²) in [7, 11) is -1.58. The topological polar surface area (TPSA) is 113 Å². The van der Waals surface area contributed by atoms with Crippen LogP contribution in [0.5, 0.6) is 0 Å². The van der Waals surface area contributed by atoms with Gasteiger partial charge in [-0.05, 0) is 41.0 Å². The van der Waals surface area contributed by atoms with E-state index in [0.717, 1.165) is 5.01 Å². The van der Waals surface area contributed by atoms with Crippen molar-refractivity contribution >= 4 is 57.3 Å². The van der Waals surface area contributed by atoms with E-state index in [1.165, 1.54) is 15.6 Å². The van der Waals surface area contributed by atoms with Gasteiger partial charge in [0.2, 0.25) is 10.0 Å². The van der Waals surface area contributed by atoms with E-state index in [-0.39, 0.29) is 41.7 Å². The molecule has 174 valence electrons. The number of rotatable bonds is 11. The van der Waals surface area contributed by atoms with E-state index < -0.39 is 10.0 Å². The molecule has 12 heteroatoms. The monoisotopic (exact) mass is 575 g/mol. The standard InChI is InChI=1S/C18H33N5O4S2.HI/c1-7-19-18(20-11-10-12-23(6)29(25,26)9-3)22-14(5)16-21-13(4)15(28-16)17(24)27-8-2;/h14H,7-12H2,1-6H3,(H2,19,20,22);1H. The van der Waals surface area contributed by atoms with Crippen LogP contribution in [0.3, 0.4) is 0 Å². The number of thiazole rings is 1. The summed E-state index contributed by atoms with van der Waals surface area (Å²) in [5.41, 5.74) is 0.652. The molecule has 1 aromatic heterocycles. The molecule has 1 atom stereocenters. The van der Waals surface area contributed by atoms with E-state index in [2.05, 4.69) is 20.6 Å². The maximum absolute atomic E-state index is 12.0. The van der Waals surface area contributed by atoms with Crippen molar-refractivity contribution in [1.82, 2.24) is 19.9 Å². The normalized spacial score (nSPS) is 13.0. The highest BCUT2D eigenvalue weighted by molar-refractivity contribution is 14.0. The molecule has 0 spiro atoms. The molecule has 0 saturated carbocycles. The lowest BCUT2D eigenvalue weighted by molar-refractivity contribution is 0.0531. The van der Waals surface area contributed by atoms with E-state index in [1.807, 2.05) is 13.8 Å². The number of nitrogens with one attached hydrogen (secondary N) is 2. The van der Waals surface area contributed by atoms with Crippen LogP contribution in [0.2, 0.25) is 0 Å². The van der Waals surface area contributed by atoms with Gasteiger partial charge in [-0.25, -0.2) is 22.5 Å². The van der Waals surface area contributed by atoms with Crippen molar-refractivity contribution in [3.8, 4) is 0 Å². The lowest BCUT2D eigenvalue weighted by Crippen LogP contribution is -2.39. The van der Waals surface area contributed by atoms with Crippen LogP contribution in [0.4, 0.5) is 0 Å². The van der Waals surface area contributed by atoms with Crippen molar-refractivity contribution in [3.63, 3.8) is 0 Å². The average molecular weight is 576 g/mol. The van der Waals surface area contributed by atoms with Gasteiger partial charge in [-0.1, -0.05) is 0 Å². The predicted molar refractivity (Wildman–Crippen MR) is 132 cm³/mol. The van der Waals surface area contributed by atoms with Gasteiger partial charge in [-0.2, -0.15) is 0 Å². The second-order valence-electron chi connectivity index (χ2n) is 6.39. The largest absolute Gasteiger partial charge is 0.462 e. The van der Waals surface area contributed by atoms with Crippen molar-refractivity contribution in [2.24, 2.45) is 4.99 Å². The Labute approximate surface area is 201 Å². The van der Waals surface area contributed by atoms with Crippen LogP contribution in [0, 0.1) is 6.92 Å². The van der Waals surface area contributed by atoms with E-state index in [4.69, 9.17) is 4.74 Å². The Morgan fingerprint density at radius 1 is 1.33 bits per heavy atom. The summed E-state index contributed by atoms with van der Waals surface area (Å²) < 4.78 is 30.0. The van der Waals surface area contributed by atoms with Crippen LogP contribution in [-0.2, 0) is 14.8 Å². The highest BCUT2D eigenvalue weighted by atomic mass is 127. The SMILES string of the molecule is CCNC(=NCCCN(C)S(=O)(=O)CC)NC(C)c1nc(C)c(C(=O)OCC)s1.I. The molecule has 1 rings (SSSR count). The first-order valence-electron chi connectivity index (χ1n) is 9.79. The molecule has 0 fully saturated rings. The van der Waals surface area contributed by atoms with E-state index in [9.17, 15) is 13.2 Å². The van der Waals surface area contributed by atoms with Crippen molar-refractivity contribution in [1.29, 1.82) is 0 Å². The van der Waals surface area contributed by atoms with Crippen LogP contribution < -0.4 is 10.6 Å². The van der Waals surface area contributed by atoms with Gasteiger partial charge in [0.05, 0.1) is 24.1 Å². The summed E-state index contributed by atoms with van der Waals surface area (Å²) in [6.07, 6.45) is 0.615. The second-order valence-corrected chi connectivity index (χ2v) is 9.78. The van der Waals surface area contributed by atoms with E-state index >= 15 is 0 Å². The molecule has 30 heavy (non-hydrogen) atoms. The molecule has 0 aliphatic rings. The lowest BCUT2D eigenvalue weighted by Gasteiger charge is -2.17. The molecular formula is C18H34IN5O4S2. The summed E-state index contributed by atoms with van der Waals surface area (Å²) in [4.78, 5) is 21.5. The number of aliphatic imine (C=N–C) groups is 1. The first-order valence-corrected chi connectivity index (χ1v) is 12.2. The predicted octanol–water partition coefficient (Wildman–Crippen LogP) is 2.53. The number of hydrogen-bond donors (Lipinski definition) is 2. The Morgan fingerprint density at radius 2 is 2.00 bits per heavy atom. The van der Waals surface area contributed by atoms with Crippen LogP contribution >= 0.6 is 35.3 Å². The van der Waals surface area contributed by atoms with Crippen LogP contribution in [0.25, 0.3) is 0 Å². The number of sulfonamides is 1. The molecule has 1 heterocycles. The van der Waals surface area contributed by atoms with Gasteiger partial charge in [-0.3, -0.25) is 4.99 Å². The minimum absolute atomic E-state index is 0. The van der Waals surface area contributed by atoms with Crippen molar-refractivity contribution in [3.05, 3.63) is 15.6 Å². The fraction of sp³-hybridized carbons (Fsp3) is 0.722. The van der Waals surface area contributed by atoms with Crippen LogP contribution in [0.15, 0.2) is 4.99 Å². The molecule has 0 saturated heterocycles. The highest BCUT2D eigenvalue weighted by Crippen LogP contribution is 2.24. The fourth-order valence-electron chi connectivity index (χ4n) is 2.42. The smallest absolute Gasteiger partial charge is 0.350 e. The Kier molecular flexibility index (Phi) is 13.7. The van der Waals surface area contributed by atoms with Gasteiger partial charge in [0.15, 0.2) is 5.96 Å². The second kappa shape index (κ2) is 14.1. The molecular weight excluding hydrogens is 541 g/mol. The van der Waals surface area contributed by atoms with Crippen LogP contribution in [0.1, 0.15) is 60.5 Å². The highest BCUT2D eigenvalue weighted by Gasteiger charge is 2.20. The number of guanidine groups is 1. The number of hydrogen-bond acceptors (Lipinski definition) is 7. The number of aromatic nitrogens is 1. The lowest BCUT2D eigenvalue weighted by atomic mass is 10.3. The first kappa shape index (κ1) is 29.0. The molecule has 0 radical (unpaired) electrons. The Hall–Kier alpha value is -0.990. The zero-order chi connectivity index (χ0) is 22.0. The van der Waals surface area contributed by atoms with Crippen LogP contribution in [-0.4, -0.2) is 68.7 Å². The van der Waals surface area contributed by atoms with Gasteiger partial charge in [0, 0.05) is 26.7 Å². The zero-order valence-electron chi connectivity index (χ0n) is 18.5. The summed E-state index contributed by atoms with van der Waals surface area (Å²) in [6, 6.07) is -0.150. The third kappa shape index (κ3) is 9.02. The Bertz CT molecular complexity index is 798. The molecule has 0 aromatic carbocycles. The van der Waals surface area contributed by atoms with E-state index in [0.29, 0.717) is 49.2 Å². The van der Waals surface area contributed by atoms with E-state index in [1.54, 1.807) is 27.8 Å². The number of carbonyl (C=O) groups excluding carboxylic acids is 1. The number of nitrogens with zero attached hydrogens (tertiary/aromatic N) is 3. The number of halogens is 1. The van der Waals surface area contributed by atoms with Gasteiger partial charge in [0.25, 0.3) is 0 Å². The molecule has 1 unspecified atom stereocenters. The minimum atomic E-state index is -3.17. The summed E-state index contributed by atoms with van der Waals surface area (Å²) in [5.74, 6) is 0.356. The molecule has 0 bridgehead atoms. The maximum Gasteiger partial charge on any atom is 0.350 e. The third-order valence-electron chi connectivity index (χ3n) is 4.08. The van der Waals surface area contributed by atoms with Gasteiger partial charge in [-0.15, -0.1) is 35.3 Å². The first-order chi connectivity index (χ1) is 13.7. The fourth-order valence-corrected chi connectivity index (χ4v) is 4.23. The molecule has 0 aliphatic heterocycles. The Morgan fingerprint density at radius 3 is 2.57 bits per heavy atom. The number of aryl methyl sites for hydroxylation is 1. The molecule has 9 nitrogen and oxygen atoms in total. The third-order valence-corrected chi connectivity index (χ3v) is 7.26. The Balaban J connectivity index is 0.00000841. The molecule has 0 aliphatic carbocycles. The maximum atomic E-state index is 12.0. The van der Waals surface area contributed by atoms with Crippen molar-refractivity contribution < 1.29 is 17.9 Å². The summed E-state index contributed by atoms with van der Waals surface area (Å²) >= 11 is 1.31. The number of carbonyl (C=O) groups is 1. The van der Waals surface area contributed by atoms with Gasteiger partial charge < -0.3 is 15.4 Å².